The number of carboxylic acids is 1. The van der Waals surface area contributed by atoms with E-state index in [2.05, 4.69) is 0 Å². The zero-order valence-electron chi connectivity index (χ0n) is 15.9. The molecule has 0 saturated carbocycles. The Labute approximate surface area is 159 Å². The number of nitrogens with two attached hydrogens (primary N) is 1. The van der Waals surface area contributed by atoms with Crippen LogP contribution in [0.3, 0.4) is 0 Å². The second-order valence-electron chi connectivity index (χ2n) is 7.39. The molecule has 2 rings (SSSR count). The van der Waals surface area contributed by atoms with E-state index in [1.165, 1.54) is 4.90 Å². The second-order valence-corrected chi connectivity index (χ2v) is 7.39. The highest BCUT2D eigenvalue weighted by atomic mass is 16.6. The van der Waals surface area contributed by atoms with Crippen LogP contribution in [-0.2, 0) is 22.5 Å². The summed E-state index contributed by atoms with van der Waals surface area (Å²) in [5.74, 6) is -1.08. The zero-order chi connectivity index (χ0) is 20.0. The van der Waals surface area contributed by atoms with Crippen LogP contribution in [0.25, 0.3) is 0 Å². The molecule has 1 atom stereocenters. The first-order valence-electron chi connectivity index (χ1n) is 8.76. The number of carbonyl (C=O) groups is 2. The molecule has 0 heterocycles. The highest BCUT2D eigenvalue weighted by molar-refractivity contribution is 5.80. The Bertz CT molecular complexity index is 767. The smallest absolute Gasteiger partial charge is 0.411 e. The summed E-state index contributed by atoms with van der Waals surface area (Å²) < 4.78 is 5.46. The number of anilines is 1. The number of hydrogen-bond donors (Lipinski definition) is 2. The van der Waals surface area contributed by atoms with Gasteiger partial charge in [0, 0.05) is 18.7 Å². The van der Waals surface area contributed by atoms with Gasteiger partial charge in [-0.15, -0.1) is 0 Å². The number of carbonyl (C=O) groups excluding carboxylic acids is 1. The lowest BCUT2D eigenvalue weighted by Crippen LogP contribution is -2.47. The van der Waals surface area contributed by atoms with Crippen molar-refractivity contribution in [3.63, 3.8) is 0 Å². The Kier molecular flexibility index (Phi) is 6.45. The Morgan fingerprint density at radius 1 is 1.04 bits per heavy atom. The third kappa shape index (κ3) is 6.33. The minimum Gasteiger partial charge on any atom is -0.480 e. The summed E-state index contributed by atoms with van der Waals surface area (Å²) in [6.45, 7) is 5.36. The Morgan fingerprint density at radius 2 is 1.63 bits per heavy atom. The van der Waals surface area contributed by atoms with E-state index in [1.54, 1.807) is 45.0 Å². The van der Waals surface area contributed by atoms with E-state index >= 15 is 0 Å². The van der Waals surface area contributed by atoms with Gasteiger partial charge in [0.2, 0.25) is 0 Å². The Balaban J connectivity index is 2.33. The summed E-state index contributed by atoms with van der Waals surface area (Å²) in [4.78, 5) is 26.0. The molecule has 2 aromatic carbocycles. The second kappa shape index (κ2) is 8.58. The molecule has 0 fully saturated rings. The molecular weight excluding hydrogens is 344 g/mol. The molecule has 1 unspecified atom stereocenters. The fraction of sp³-hybridized carbons (Fsp3) is 0.333. The lowest BCUT2D eigenvalue weighted by atomic mass is 10.0. The maximum Gasteiger partial charge on any atom is 0.411 e. The lowest BCUT2D eigenvalue weighted by Gasteiger charge is -2.31. The van der Waals surface area contributed by atoms with Gasteiger partial charge in [-0.25, -0.2) is 9.59 Å². The van der Waals surface area contributed by atoms with Crippen molar-refractivity contribution in [3.8, 4) is 0 Å². The van der Waals surface area contributed by atoms with Gasteiger partial charge in [-0.05, 0) is 44.0 Å². The average Bonchev–Trinajstić information content (AvgIpc) is 2.58. The van der Waals surface area contributed by atoms with Crippen molar-refractivity contribution in [2.75, 3.05) is 5.73 Å². The molecule has 0 saturated heterocycles. The number of amides is 1. The van der Waals surface area contributed by atoms with E-state index in [-0.39, 0.29) is 13.0 Å². The summed E-state index contributed by atoms with van der Waals surface area (Å²) in [7, 11) is 0. The molecule has 0 radical (unpaired) electrons. The number of carboxylic acid groups (broad SMARTS) is 1. The molecule has 6 heteroatoms. The van der Waals surface area contributed by atoms with Gasteiger partial charge in [0.25, 0.3) is 0 Å². The first-order valence-corrected chi connectivity index (χ1v) is 8.76. The molecule has 6 nitrogen and oxygen atoms in total. The van der Waals surface area contributed by atoms with E-state index in [9.17, 15) is 14.7 Å². The van der Waals surface area contributed by atoms with Gasteiger partial charge in [0.15, 0.2) is 0 Å². The minimum atomic E-state index is -1.08. The molecule has 0 aliphatic heterocycles. The minimum absolute atomic E-state index is 0.110. The van der Waals surface area contributed by atoms with Crippen LogP contribution in [0.4, 0.5) is 10.5 Å². The molecule has 3 N–H and O–H groups in total. The summed E-state index contributed by atoms with van der Waals surface area (Å²) in [6, 6.07) is 15.1. The van der Waals surface area contributed by atoms with Crippen LogP contribution in [-0.4, -0.2) is 33.7 Å². The largest absolute Gasteiger partial charge is 0.480 e. The third-order valence-electron chi connectivity index (χ3n) is 3.89. The van der Waals surface area contributed by atoms with Gasteiger partial charge < -0.3 is 15.6 Å². The van der Waals surface area contributed by atoms with Crippen LogP contribution < -0.4 is 5.73 Å². The predicted octanol–water partition coefficient (Wildman–Crippen LogP) is 3.70. The van der Waals surface area contributed by atoms with Gasteiger partial charge in [-0.2, -0.15) is 0 Å². The van der Waals surface area contributed by atoms with Crippen molar-refractivity contribution in [2.24, 2.45) is 0 Å². The number of nitrogens with zero attached hydrogens (tertiary/aromatic N) is 1. The molecule has 1 amide bonds. The number of hydrogen-bond acceptors (Lipinski definition) is 4. The van der Waals surface area contributed by atoms with Gasteiger partial charge in [0.1, 0.15) is 11.6 Å². The molecule has 0 bridgehead atoms. The standard InChI is InChI=1S/C21H26N2O4/c1-21(2,3)27-20(26)23(14-16-9-11-17(22)12-10-16)18(19(24)25)13-15-7-5-4-6-8-15/h4-12,18H,13-14,22H2,1-3H3,(H,24,25). The summed E-state index contributed by atoms with van der Waals surface area (Å²) >= 11 is 0. The van der Waals surface area contributed by atoms with Crippen LogP contribution in [0.2, 0.25) is 0 Å². The van der Waals surface area contributed by atoms with Gasteiger partial charge >= 0.3 is 12.1 Å². The maximum atomic E-state index is 12.8. The number of ether oxygens (including phenoxy) is 1. The van der Waals surface area contributed by atoms with Crippen LogP contribution in [0.1, 0.15) is 31.9 Å². The normalized spacial score (nSPS) is 12.3. The molecule has 0 aliphatic rings. The number of benzene rings is 2. The fourth-order valence-electron chi connectivity index (χ4n) is 2.61. The topological polar surface area (TPSA) is 92.9 Å². The molecule has 144 valence electrons. The van der Waals surface area contributed by atoms with Crippen LogP contribution in [0, 0.1) is 0 Å². The molecular formula is C21H26N2O4. The van der Waals surface area contributed by atoms with Crippen molar-refractivity contribution >= 4 is 17.7 Å². The summed E-state index contributed by atoms with van der Waals surface area (Å²) in [5, 5.41) is 9.80. The first kappa shape index (κ1) is 20.3. The average molecular weight is 370 g/mol. The molecule has 0 spiro atoms. The number of aliphatic carboxylic acids is 1. The van der Waals surface area contributed by atoms with Gasteiger partial charge in [0.05, 0.1) is 0 Å². The van der Waals surface area contributed by atoms with Crippen LogP contribution in [0.5, 0.6) is 0 Å². The van der Waals surface area contributed by atoms with E-state index in [0.717, 1.165) is 11.1 Å². The lowest BCUT2D eigenvalue weighted by molar-refractivity contribution is -0.143. The van der Waals surface area contributed by atoms with Crippen molar-refractivity contribution in [1.82, 2.24) is 4.90 Å². The summed E-state index contributed by atoms with van der Waals surface area (Å²) in [5.41, 5.74) is 7.18. The molecule has 2 aromatic rings. The first-order chi connectivity index (χ1) is 12.7. The molecule has 0 aliphatic carbocycles. The van der Waals surface area contributed by atoms with E-state index < -0.39 is 23.7 Å². The van der Waals surface area contributed by atoms with Crippen molar-refractivity contribution in [3.05, 3.63) is 65.7 Å². The van der Waals surface area contributed by atoms with Crippen LogP contribution in [0.15, 0.2) is 54.6 Å². The molecule has 0 aromatic heterocycles. The Morgan fingerprint density at radius 3 is 2.15 bits per heavy atom. The van der Waals surface area contributed by atoms with Crippen LogP contribution >= 0.6 is 0 Å². The monoisotopic (exact) mass is 370 g/mol. The highest BCUT2D eigenvalue weighted by Gasteiger charge is 2.33. The van der Waals surface area contributed by atoms with Gasteiger partial charge in [-0.1, -0.05) is 42.5 Å². The third-order valence-corrected chi connectivity index (χ3v) is 3.89. The zero-order valence-corrected chi connectivity index (χ0v) is 15.9. The van der Waals surface area contributed by atoms with E-state index in [1.807, 2.05) is 30.3 Å². The quantitative estimate of drug-likeness (QED) is 0.756. The Hall–Kier alpha value is -3.02. The number of rotatable bonds is 6. The van der Waals surface area contributed by atoms with Crippen molar-refractivity contribution in [2.45, 2.75) is 45.4 Å². The number of nitrogen functional groups attached to an aromatic ring is 1. The van der Waals surface area contributed by atoms with Gasteiger partial charge in [-0.3, -0.25) is 4.90 Å². The van der Waals surface area contributed by atoms with E-state index in [4.69, 9.17) is 10.5 Å². The fourth-order valence-corrected chi connectivity index (χ4v) is 2.61. The van der Waals surface area contributed by atoms with E-state index in [0.29, 0.717) is 5.69 Å². The molecule has 27 heavy (non-hydrogen) atoms. The van der Waals surface area contributed by atoms with Crippen molar-refractivity contribution < 1.29 is 19.4 Å². The highest BCUT2D eigenvalue weighted by Crippen LogP contribution is 2.19. The predicted molar refractivity (Wildman–Crippen MR) is 104 cm³/mol. The maximum absolute atomic E-state index is 12.8. The SMILES string of the molecule is CC(C)(C)OC(=O)N(Cc1ccc(N)cc1)C(Cc1ccccc1)C(=O)O. The van der Waals surface area contributed by atoms with Crippen molar-refractivity contribution in [1.29, 1.82) is 0 Å². The summed E-state index contributed by atoms with van der Waals surface area (Å²) in [6.07, 6.45) is -0.479.